The van der Waals surface area contributed by atoms with E-state index in [0.29, 0.717) is 12.2 Å². The van der Waals surface area contributed by atoms with Crippen LogP contribution in [0.3, 0.4) is 0 Å². The Hall–Kier alpha value is -1.26. The van der Waals surface area contributed by atoms with Crippen LogP contribution in [-0.2, 0) is 4.74 Å². The molecule has 2 rings (SSSR count). The Balaban J connectivity index is 2.40. The molecule has 1 aliphatic heterocycles. The zero-order valence-electron chi connectivity index (χ0n) is 9.58. The van der Waals surface area contributed by atoms with Crippen LogP contribution < -0.4 is 5.32 Å². The Morgan fingerprint density at radius 3 is 2.69 bits per heavy atom. The van der Waals surface area contributed by atoms with E-state index in [0.717, 1.165) is 24.2 Å². The first-order valence-corrected chi connectivity index (χ1v) is 5.45. The Kier molecular flexibility index (Phi) is 3.03. The van der Waals surface area contributed by atoms with E-state index in [-0.39, 0.29) is 17.6 Å². The zero-order chi connectivity index (χ0) is 11.7. The molecular formula is C12H17NO3. The quantitative estimate of drug-likeness (QED) is 0.629. The predicted molar refractivity (Wildman–Crippen MR) is 60.8 cm³/mol. The molecule has 3 N–H and O–H groups in total. The molecule has 0 aliphatic carbocycles. The first kappa shape index (κ1) is 11.2. The topological polar surface area (TPSA) is 61.7 Å². The highest BCUT2D eigenvalue weighted by Gasteiger charge is 2.21. The molecule has 16 heavy (non-hydrogen) atoms. The van der Waals surface area contributed by atoms with Crippen LogP contribution in [0.4, 0.5) is 0 Å². The fourth-order valence-electron chi connectivity index (χ4n) is 2.01. The molecule has 0 saturated carbocycles. The van der Waals surface area contributed by atoms with Gasteiger partial charge < -0.3 is 20.3 Å². The molecule has 1 saturated heterocycles. The van der Waals surface area contributed by atoms with Gasteiger partial charge in [0, 0.05) is 13.1 Å². The monoisotopic (exact) mass is 223 g/mol. The zero-order valence-corrected chi connectivity index (χ0v) is 9.58. The number of nitrogens with one attached hydrogen (secondary N) is 1. The van der Waals surface area contributed by atoms with Crippen molar-refractivity contribution in [1.82, 2.24) is 5.32 Å². The van der Waals surface area contributed by atoms with E-state index >= 15 is 0 Å². The van der Waals surface area contributed by atoms with Gasteiger partial charge in [0.05, 0.1) is 12.7 Å². The number of benzene rings is 1. The van der Waals surface area contributed by atoms with Crippen molar-refractivity contribution < 1.29 is 14.9 Å². The van der Waals surface area contributed by atoms with Crippen LogP contribution in [0.1, 0.15) is 22.8 Å². The van der Waals surface area contributed by atoms with E-state index in [4.69, 9.17) is 4.74 Å². The van der Waals surface area contributed by atoms with E-state index in [1.165, 1.54) is 0 Å². The number of rotatable bonds is 1. The third kappa shape index (κ3) is 1.86. The van der Waals surface area contributed by atoms with Gasteiger partial charge >= 0.3 is 0 Å². The van der Waals surface area contributed by atoms with E-state index in [2.05, 4.69) is 5.32 Å². The second kappa shape index (κ2) is 4.31. The summed E-state index contributed by atoms with van der Waals surface area (Å²) in [6.07, 6.45) is -0.0426. The number of aromatic hydroxyl groups is 2. The number of phenols is 2. The fraction of sp³-hybridized carbons (Fsp3) is 0.500. The lowest BCUT2D eigenvalue weighted by Crippen LogP contribution is -2.33. The molecule has 4 nitrogen and oxygen atoms in total. The van der Waals surface area contributed by atoms with Gasteiger partial charge in [0.15, 0.2) is 11.5 Å². The number of hydrogen-bond acceptors (Lipinski definition) is 4. The molecule has 1 unspecified atom stereocenters. The summed E-state index contributed by atoms with van der Waals surface area (Å²) in [5.41, 5.74) is 2.63. The van der Waals surface area contributed by atoms with Gasteiger partial charge in [0.1, 0.15) is 0 Å². The average Bonchev–Trinajstić information content (AvgIpc) is 2.32. The van der Waals surface area contributed by atoms with Crippen LogP contribution in [0.25, 0.3) is 0 Å². The minimum absolute atomic E-state index is 0.0370. The van der Waals surface area contributed by atoms with E-state index in [1.54, 1.807) is 13.0 Å². The first-order chi connectivity index (χ1) is 7.61. The molecule has 1 aliphatic rings. The smallest absolute Gasteiger partial charge is 0.160 e. The Morgan fingerprint density at radius 1 is 1.31 bits per heavy atom. The predicted octanol–water partition coefficient (Wildman–Crippen LogP) is 1.38. The SMILES string of the molecule is Cc1c(C2CNCCO2)cc(O)c(O)c1C. The molecule has 1 aromatic rings. The van der Waals surface area contributed by atoms with Crippen molar-refractivity contribution in [3.63, 3.8) is 0 Å². The van der Waals surface area contributed by atoms with Crippen molar-refractivity contribution in [2.45, 2.75) is 20.0 Å². The summed E-state index contributed by atoms with van der Waals surface area (Å²) in [5.74, 6) is -0.114. The maximum absolute atomic E-state index is 9.61. The second-order valence-electron chi connectivity index (χ2n) is 4.15. The highest BCUT2D eigenvalue weighted by molar-refractivity contribution is 5.52. The molecule has 88 valence electrons. The summed E-state index contributed by atoms with van der Waals surface area (Å²) >= 11 is 0. The number of ether oxygens (including phenoxy) is 1. The van der Waals surface area contributed by atoms with Gasteiger partial charge in [-0.25, -0.2) is 0 Å². The Labute approximate surface area is 94.9 Å². The van der Waals surface area contributed by atoms with Crippen molar-refractivity contribution in [2.75, 3.05) is 19.7 Å². The molecule has 4 heteroatoms. The number of phenolic OH excluding ortho intramolecular Hbond substituents is 2. The molecule has 0 aromatic heterocycles. The normalized spacial score (nSPS) is 21.0. The lowest BCUT2D eigenvalue weighted by Gasteiger charge is -2.26. The molecule has 1 heterocycles. The van der Waals surface area contributed by atoms with Gasteiger partial charge in [-0.3, -0.25) is 0 Å². The second-order valence-corrected chi connectivity index (χ2v) is 4.15. The summed E-state index contributed by atoms with van der Waals surface area (Å²) < 4.78 is 5.64. The van der Waals surface area contributed by atoms with Gasteiger partial charge in [-0.1, -0.05) is 0 Å². The largest absolute Gasteiger partial charge is 0.504 e. The highest BCUT2D eigenvalue weighted by atomic mass is 16.5. The highest BCUT2D eigenvalue weighted by Crippen LogP contribution is 2.36. The lowest BCUT2D eigenvalue weighted by atomic mass is 9.97. The summed E-state index contributed by atoms with van der Waals surface area (Å²) in [5, 5.41) is 22.5. The molecule has 0 spiro atoms. The molecule has 1 fully saturated rings. The summed E-state index contributed by atoms with van der Waals surface area (Å²) in [6, 6.07) is 1.59. The van der Waals surface area contributed by atoms with Gasteiger partial charge in [-0.05, 0) is 36.6 Å². The Bertz CT molecular complexity index is 398. The van der Waals surface area contributed by atoms with E-state index in [1.807, 2.05) is 6.92 Å². The standard InChI is InChI=1S/C12H17NO3/c1-7-8(2)12(15)10(14)5-9(7)11-6-13-3-4-16-11/h5,11,13-15H,3-4,6H2,1-2H3. The van der Waals surface area contributed by atoms with Crippen molar-refractivity contribution in [3.05, 3.63) is 22.8 Å². The molecule has 0 bridgehead atoms. The molecular weight excluding hydrogens is 206 g/mol. The minimum atomic E-state index is -0.0766. The van der Waals surface area contributed by atoms with Crippen molar-refractivity contribution >= 4 is 0 Å². The third-order valence-corrected chi connectivity index (χ3v) is 3.16. The van der Waals surface area contributed by atoms with Crippen molar-refractivity contribution in [2.24, 2.45) is 0 Å². The minimum Gasteiger partial charge on any atom is -0.504 e. The number of hydrogen-bond donors (Lipinski definition) is 3. The van der Waals surface area contributed by atoms with Gasteiger partial charge in [-0.15, -0.1) is 0 Å². The van der Waals surface area contributed by atoms with Crippen LogP contribution in [0, 0.1) is 13.8 Å². The van der Waals surface area contributed by atoms with Gasteiger partial charge in [0.25, 0.3) is 0 Å². The molecule has 0 amide bonds. The van der Waals surface area contributed by atoms with Crippen LogP contribution in [0.5, 0.6) is 11.5 Å². The van der Waals surface area contributed by atoms with Crippen molar-refractivity contribution in [3.8, 4) is 11.5 Å². The summed E-state index contributed by atoms with van der Waals surface area (Å²) in [4.78, 5) is 0. The van der Waals surface area contributed by atoms with Crippen molar-refractivity contribution in [1.29, 1.82) is 0 Å². The van der Waals surface area contributed by atoms with E-state index < -0.39 is 0 Å². The average molecular weight is 223 g/mol. The maximum Gasteiger partial charge on any atom is 0.160 e. The molecule has 1 atom stereocenters. The van der Waals surface area contributed by atoms with Crippen LogP contribution in [0.15, 0.2) is 6.07 Å². The molecule has 0 radical (unpaired) electrons. The van der Waals surface area contributed by atoms with Crippen LogP contribution in [-0.4, -0.2) is 29.9 Å². The Morgan fingerprint density at radius 2 is 2.06 bits per heavy atom. The lowest BCUT2D eigenvalue weighted by molar-refractivity contribution is 0.0271. The van der Waals surface area contributed by atoms with Crippen LogP contribution >= 0.6 is 0 Å². The third-order valence-electron chi connectivity index (χ3n) is 3.16. The van der Waals surface area contributed by atoms with Gasteiger partial charge in [0.2, 0.25) is 0 Å². The summed E-state index contributed by atoms with van der Waals surface area (Å²) in [7, 11) is 0. The van der Waals surface area contributed by atoms with Gasteiger partial charge in [-0.2, -0.15) is 0 Å². The maximum atomic E-state index is 9.61. The first-order valence-electron chi connectivity index (χ1n) is 5.45. The van der Waals surface area contributed by atoms with Crippen LogP contribution in [0.2, 0.25) is 0 Å². The fourth-order valence-corrected chi connectivity index (χ4v) is 2.01. The number of morpholine rings is 1. The summed E-state index contributed by atoms with van der Waals surface area (Å²) in [6.45, 7) is 6.00. The molecule has 1 aromatic carbocycles. The van der Waals surface area contributed by atoms with E-state index in [9.17, 15) is 10.2 Å².